The van der Waals surface area contributed by atoms with Crippen LogP contribution in [-0.2, 0) is 11.3 Å². The van der Waals surface area contributed by atoms with Crippen LogP contribution in [0.15, 0.2) is 28.7 Å². The first-order valence-corrected chi connectivity index (χ1v) is 7.82. The maximum Gasteiger partial charge on any atom is 0.236 e. The molecule has 110 valence electrons. The van der Waals surface area contributed by atoms with Crippen LogP contribution in [0, 0.1) is 0 Å². The highest BCUT2D eigenvalue weighted by Gasteiger charge is 2.26. The van der Waals surface area contributed by atoms with Crippen molar-refractivity contribution in [2.45, 2.75) is 25.4 Å². The van der Waals surface area contributed by atoms with E-state index < -0.39 is 0 Å². The summed E-state index contributed by atoms with van der Waals surface area (Å²) in [6.07, 6.45) is 2.25. The molecule has 1 saturated heterocycles. The number of hydrogen-bond acceptors (Lipinski definition) is 3. The lowest BCUT2D eigenvalue weighted by atomic mass is 10.2. The molecule has 20 heavy (non-hydrogen) atoms. The molecule has 1 aromatic carbocycles. The maximum atomic E-state index is 12.3. The number of carbonyl (C=O) groups is 1. The van der Waals surface area contributed by atoms with E-state index in [0.29, 0.717) is 25.7 Å². The highest BCUT2D eigenvalue weighted by Crippen LogP contribution is 2.19. The number of likely N-dealkylation sites (tertiary alicyclic amines) is 1. The van der Waals surface area contributed by atoms with Crippen LogP contribution in [0.3, 0.4) is 0 Å². The van der Waals surface area contributed by atoms with Crippen molar-refractivity contribution in [3.63, 3.8) is 0 Å². The smallest absolute Gasteiger partial charge is 0.236 e. The SMILES string of the molecule is CN(Cc1ccccc1Br)C(=O)CN1CCCC1CN. The Morgan fingerprint density at radius 1 is 1.50 bits per heavy atom. The van der Waals surface area contributed by atoms with Gasteiger partial charge in [0.15, 0.2) is 0 Å². The van der Waals surface area contributed by atoms with Gasteiger partial charge in [-0.1, -0.05) is 34.1 Å². The first-order valence-electron chi connectivity index (χ1n) is 7.03. The monoisotopic (exact) mass is 339 g/mol. The van der Waals surface area contributed by atoms with Crippen LogP contribution in [0.1, 0.15) is 18.4 Å². The van der Waals surface area contributed by atoms with Crippen molar-refractivity contribution in [2.75, 3.05) is 26.7 Å². The number of nitrogens with zero attached hydrogens (tertiary/aromatic N) is 2. The molecule has 1 aromatic rings. The summed E-state index contributed by atoms with van der Waals surface area (Å²) in [7, 11) is 1.86. The van der Waals surface area contributed by atoms with Gasteiger partial charge in [0.1, 0.15) is 0 Å². The number of rotatable bonds is 5. The second-order valence-electron chi connectivity index (χ2n) is 5.34. The van der Waals surface area contributed by atoms with Crippen molar-refractivity contribution >= 4 is 21.8 Å². The van der Waals surface area contributed by atoms with Gasteiger partial charge in [-0.3, -0.25) is 9.69 Å². The Morgan fingerprint density at radius 3 is 2.95 bits per heavy atom. The first kappa shape index (κ1) is 15.5. The van der Waals surface area contributed by atoms with Gasteiger partial charge in [-0.2, -0.15) is 0 Å². The maximum absolute atomic E-state index is 12.3. The summed E-state index contributed by atoms with van der Waals surface area (Å²) in [6, 6.07) is 8.37. The van der Waals surface area contributed by atoms with Crippen molar-refractivity contribution in [1.29, 1.82) is 0 Å². The number of benzene rings is 1. The minimum Gasteiger partial charge on any atom is -0.340 e. The molecule has 0 spiro atoms. The van der Waals surface area contributed by atoms with E-state index in [0.717, 1.165) is 29.4 Å². The van der Waals surface area contributed by atoms with Crippen LogP contribution in [0.5, 0.6) is 0 Å². The Kier molecular flexibility index (Phi) is 5.57. The Morgan fingerprint density at radius 2 is 2.25 bits per heavy atom. The van der Waals surface area contributed by atoms with Gasteiger partial charge in [0, 0.05) is 30.7 Å². The lowest BCUT2D eigenvalue weighted by Gasteiger charge is -2.26. The highest BCUT2D eigenvalue weighted by molar-refractivity contribution is 9.10. The van der Waals surface area contributed by atoms with Gasteiger partial charge >= 0.3 is 0 Å². The third-order valence-electron chi connectivity index (χ3n) is 3.90. The van der Waals surface area contributed by atoms with Crippen LogP contribution in [0.2, 0.25) is 0 Å². The third-order valence-corrected chi connectivity index (χ3v) is 4.67. The van der Waals surface area contributed by atoms with E-state index in [1.807, 2.05) is 31.3 Å². The van der Waals surface area contributed by atoms with Gasteiger partial charge in [-0.25, -0.2) is 0 Å². The van der Waals surface area contributed by atoms with E-state index in [1.165, 1.54) is 0 Å². The molecule has 0 radical (unpaired) electrons. The molecular formula is C15H22BrN3O. The molecule has 1 atom stereocenters. The molecule has 0 aromatic heterocycles. The van der Waals surface area contributed by atoms with Crippen LogP contribution in [0.4, 0.5) is 0 Å². The molecule has 1 heterocycles. The average molecular weight is 340 g/mol. The molecule has 0 aliphatic carbocycles. The van der Waals surface area contributed by atoms with Crippen molar-refractivity contribution in [1.82, 2.24) is 9.80 Å². The van der Waals surface area contributed by atoms with Crippen molar-refractivity contribution in [3.8, 4) is 0 Å². The molecule has 2 rings (SSSR count). The zero-order valence-electron chi connectivity index (χ0n) is 11.9. The summed E-state index contributed by atoms with van der Waals surface area (Å²) < 4.78 is 1.04. The Balaban J connectivity index is 1.91. The number of nitrogens with two attached hydrogens (primary N) is 1. The van der Waals surface area contributed by atoms with Gasteiger partial charge < -0.3 is 10.6 Å². The second-order valence-corrected chi connectivity index (χ2v) is 6.20. The van der Waals surface area contributed by atoms with Gasteiger partial charge in [0.05, 0.1) is 6.54 Å². The summed E-state index contributed by atoms with van der Waals surface area (Å²) in [5.74, 6) is 0.154. The molecule has 0 bridgehead atoms. The number of carbonyl (C=O) groups excluding carboxylic acids is 1. The summed E-state index contributed by atoms with van der Waals surface area (Å²) in [5.41, 5.74) is 6.87. The topological polar surface area (TPSA) is 49.6 Å². The molecular weight excluding hydrogens is 318 g/mol. The summed E-state index contributed by atoms with van der Waals surface area (Å²) >= 11 is 3.52. The predicted octanol–water partition coefficient (Wildman–Crippen LogP) is 1.83. The lowest BCUT2D eigenvalue weighted by Crippen LogP contribution is -2.43. The number of amides is 1. The van der Waals surface area contributed by atoms with E-state index in [2.05, 4.69) is 20.8 Å². The van der Waals surface area contributed by atoms with Crippen molar-refractivity contribution in [3.05, 3.63) is 34.3 Å². The van der Waals surface area contributed by atoms with Crippen LogP contribution in [-0.4, -0.2) is 48.4 Å². The van der Waals surface area contributed by atoms with Crippen LogP contribution in [0.25, 0.3) is 0 Å². The number of hydrogen-bond donors (Lipinski definition) is 1. The summed E-state index contributed by atoms with van der Waals surface area (Å²) in [5, 5.41) is 0. The molecule has 4 nitrogen and oxygen atoms in total. The molecule has 1 fully saturated rings. The summed E-state index contributed by atoms with van der Waals surface area (Å²) in [6.45, 7) is 2.72. The lowest BCUT2D eigenvalue weighted by molar-refractivity contribution is -0.131. The van der Waals surface area contributed by atoms with Gasteiger partial charge in [0.2, 0.25) is 5.91 Å². The van der Waals surface area contributed by atoms with E-state index >= 15 is 0 Å². The van der Waals surface area contributed by atoms with Gasteiger partial charge in [-0.15, -0.1) is 0 Å². The van der Waals surface area contributed by atoms with Gasteiger partial charge in [0.25, 0.3) is 0 Å². The molecule has 1 aliphatic rings. The molecule has 5 heteroatoms. The fourth-order valence-corrected chi connectivity index (χ4v) is 3.05. The Labute approximate surface area is 129 Å². The van der Waals surface area contributed by atoms with Crippen LogP contribution < -0.4 is 5.73 Å². The predicted molar refractivity (Wildman–Crippen MR) is 84.3 cm³/mol. The second kappa shape index (κ2) is 7.20. The number of halogens is 1. The fraction of sp³-hybridized carbons (Fsp3) is 0.533. The van der Waals surface area contributed by atoms with E-state index in [-0.39, 0.29) is 5.91 Å². The molecule has 0 saturated carbocycles. The summed E-state index contributed by atoms with van der Waals surface area (Å²) in [4.78, 5) is 16.3. The zero-order chi connectivity index (χ0) is 14.5. The fourth-order valence-electron chi connectivity index (χ4n) is 2.63. The van der Waals surface area contributed by atoms with Crippen molar-refractivity contribution in [2.24, 2.45) is 5.73 Å². The van der Waals surface area contributed by atoms with Crippen LogP contribution >= 0.6 is 15.9 Å². The minimum absolute atomic E-state index is 0.154. The minimum atomic E-state index is 0.154. The normalized spacial score (nSPS) is 19.2. The first-order chi connectivity index (χ1) is 9.61. The molecule has 1 aliphatic heterocycles. The number of likely N-dealkylation sites (N-methyl/N-ethyl adjacent to an activating group) is 1. The van der Waals surface area contributed by atoms with E-state index in [4.69, 9.17) is 5.73 Å². The van der Waals surface area contributed by atoms with Gasteiger partial charge in [-0.05, 0) is 31.0 Å². The average Bonchev–Trinajstić information content (AvgIpc) is 2.88. The zero-order valence-corrected chi connectivity index (χ0v) is 13.5. The third kappa shape index (κ3) is 3.81. The molecule has 1 unspecified atom stereocenters. The van der Waals surface area contributed by atoms with E-state index in [9.17, 15) is 4.79 Å². The standard InChI is InChI=1S/C15H22BrN3O/c1-18(10-12-5-2-3-7-14(12)16)15(20)11-19-8-4-6-13(19)9-17/h2-3,5,7,13H,4,6,8-11,17H2,1H3. The van der Waals surface area contributed by atoms with Crippen molar-refractivity contribution < 1.29 is 4.79 Å². The quantitative estimate of drug-likeness (QED) is 0.890. The Bertz CT molecular complexity index is 466. The largest absolute Gasteiger partial charge is 0.340 e. The molecule has 2 N–H and O–H groups in total. The highest BCUT2D eigenvalue weighted by atomic mass is 79.9. The van der Waals surface area contributed by atoms with E-state index in [1.54, 1.807) is 4.90 Å². The Hall–Kier alpha value is -0.910. The molecule has 1 amide bonds.